The number of nitrogens with one attached hydrogen (secondary N) is 1. The molecule has 0 spiro atoms. The number of anilines is 2. The molecule has 1 fully saturated rings. The van der Waals surface area contributed by atoms with E-state index < -0.39 is 15.8 Å². The number of rotatable bonds is 5. The molecular formula is C18H21ClFN3O3S. The Morgan fingerprint density at radius 3 is 2.44 bits per heavy atom. The molecule has 1 heterocycles. The van der Waals surface area contributed by atoms with Gasteiger partial charge in [0.25, 0.3) is 10.0 Å². The number of piperazine rings is 1. The lowest BCUT2D eigenvalue weighted by Gasteiger charge is -2.34. The van der Waals surface area contributed by atoms with E-state index >= 15 is 0 Å². The summed E-state index contributed by atoms with van der Waals surface area (Å²) in [5.41, 5.74) is 0.841. The Labute approximate surface area is 163 Å². The molecule has 0 atom stereocenters. The number of nitrogens with zero attached hydrogens (tertiary/aromatic N) is 2. The number of halogens is 2. The van der Waals surface area contributed by atoms with Gasteiger partial charge in [-0.1, -0.05) is 11.6 Å². The Morgan fingerprint density at radius 2 is 1.81 bits per heavy atom. The number of sulfonamides is 1. The fourth-order valence-corrected chi connectivity index (χ4v) is 4.28. The molecule has 146 valence electrons. The Hall–Kier alpha value is -2.03. The van der Waals surface area contributed by atoms with E-state index in [4.69, 9.17) is 16.3 Å². The first-order valence-electron chi connectivity index (χ1n) is 8.39. The van der Waals surface area contributed by atoms with Crippen molar-refractivity contribution in [3.05, 3.63) is 47.2 Å². The van der Waals surface area contributed by atoms with Gasteiger partial charge in [-0.25, -0.2) is 12.8 Å². The molecular weight excluding hydrogens is 393 g/mol. The number of methoxy groups -OCH3 is 1. The molecule has 2 aromatic rings. The Kier molecular flexibility index (Phi) is 5.78. The highest BCUT2D eigenvalue weighted by molar-refractivity contribution is 7.92. The van der Waals surface area contributed by atoms with Crippen LogP contribution in [0.15, 0.2) is 41.3 Å². The number of likely N-dealkylation sites (N-methyl/N-ethyl adjacent to an activating group) is 1. The van der Waals surface area contributed by atoms with Gasteiger partial charge in [-0.05, 0) is 43.4 Å². The molecule has 27 heavy (non-hydrogen) atoms. The van der Waals surface area contributed by atoms with Crippen LogP contribution in [0.4, 0.5) is 15.8 Å². The lowest BCUT2D eigenvalue weighted by molar-refractivity contribution is 0.311. The third kappa shape index (κ3) is 4.45. The Balaban J connectivity index is 1.92. The van der Waals surface area contributed by atoms with Gasteiger partial charge in [-0.3, -0.25) is 4.72 Å². The van der Waals surface area contributed by atoms with Crippen LogP contribution in [0.1, 0.15) is 0 Å². The van der Waals surface area contributed by atoms with Crippen LogP contribution in [-0.4, -0.2) is 53.7 Å². The molecule has 1 aliphatic heterocycles. The van der Waals surface area contributed by atoms with Crippen molar-refractivity contribution in [2.24, 2.45) is 0 Å². The number of benzene rings is 2. The second-order valence-electron chi connectivity index (χ2n) is 6.35. The molecule has 1 saturated heterocycles. The molecule has 0 bridgehead atoms. The van der Waals surface area contributed by atoms with E-state index in [1.54, 1.807) is 19.2 Å². The fraction of sp³-hybridized carbons (Fsp3) is 0.333. The molecule has 6 nitrogen and oxygen atoms in total. The topological polar surface area (TPSA) is 61.9 Å². The van der Waals surface area contributed by atoms with Crippen molar-refractivity contribution in [1.29, 1.82) is 0 Å². The van der Waals surface area contributed by atoms with Gasteiger partial charge >= 0.3 is 0 Å². The van der Waals surface area contributed by atoms with Crippen LogP contribution in [0.25, 0.3) is 0 Å². The van der Waals surface area contributed by atoms with E-state index in [-0.39, 0.29) is 15.6 Å². The van der Waals surface area contributed by atoms with Crippen molar-refractivity contribution < 1.29 is 17.5 Å². The van der Waals surface area contributed by atoms with Gasteiger partial charge in [0.2, 0.25) is 0 Å². The summed E-state index contributed by atoms with van der Waals surface area (Å²) in [6.07, 6.45) is 0. The van der Waals surface area contributed by atoms with Gasteiger partial charge in [-0.2, -0.15) is 0 Å². The molecule has 0 amide bonds. The molecule has 0 unspecified atom stereocenters. The van der Waals surface area contributed by atoms with Crippen LogP contribution < -0.4 is 14.4 Å². The van der Waals surface area contributed by atoms with E-state index in [0.717, 1.165) is 44.0 Å². The van der Waals surface area contributed by atoms with Crippen molar-refractivity contribution in [2.75, 3.05) is 50.0 Å². The minimum Gasteiger partial charge on any atom is -0.495 e. The van der Waals surface area contributed by atoms with E-state index in [1.807, 2.05) is 7.05 Å². The van der Waals surface area contributed by atoms with Crippen LogP contribution in [0.5, 0.6) is 5.75 Å². The SMILES string of the molecule is COc1ccc(S(=O)(=O)Nc2ccc(F)cc2Cl)cc1N1CCN(C)CC1. The average Bonchev–Trinajstić information content (AvgIpc) is 2.64. The molecule has 0 aliphatic carbocycles. The summed E-state index contributed by atoms with van der Waals surface area (Å²) in [5.74, 6) is 0.0723. The summed E-state index contributed by atoms with van der Waals surface area (Å²) in [6.45, 7) is 3.30. The smallest absolute Gasteiger partial charge is 0.262 e. The van der Waals surface area contributed by atoms with Crippen LogP contribution in [0.3, 0.4) is 0 Å². The minimum atomic E-state index is -3.90. The third-order valence-electron chi connectivity index (χ3n) is 4.48. The molecule has 1 N–H and O–H groups in total. The summed E-state index contributed by atoms with van der Waals surface area (Å²) < 4.78 is 46.6. The summed E-state index contributed by atoms with van der Waals surface area (Å²) in [6, 6.07) is 8.19. The van der Waals surface area contributed by atoms with Crippen molar-refractivity contribution in [3.63, 3.8) is 0 Å². The summed E-state index contributed by atoms with van der Waals surface area (Å²) in [4.78, 5) is 4.39. The Bertz CT molecular complexity index is 931. The fourth-order valence-electron chi connectivity index (χ4n) is 2.91. The normalized spacial score (nSPS) is 15.6. The quantitative estimate of drug-likeness (QED) is 0.816. The zero-order valence-corrected chi connectivity index (χ0v) is 16.6. The van der Waals surface area contributed by atoms with Gasteiger partial charge < -0.3 is 14.5 Å². The van der Waals surface area contributed by atoms with Gasteiger partial charge in [0.05, 0.1) is 28.4 Å². The lowest BCUT2D eigenvalue weighted by Crippen LogP contribution is -2.44. The molecule has 0 aromatic heterocycles. The molecule has 0 radical (unpaired) electrons. The molecule has 0 saturated carbocycles. The molecule has 9 heteroatoms. The van der Waals surface area contributed by atoms with Crippen molar-refractivity contribution in [1.82, 2.24) is 4.90 Å². The van der Waals surface area contributed by atoms with Gasteiger partial charge in [0.1, 0.15) is 11.6 Å². The van der Waals surface area contributed by atoms with Crippen molar-refractivity contribution in [3.8, 4) is 5.75 Å². The summed E-state index contributed by atoms with van der Waals surface area (Å²) >= 11 is 5.94. The monoisotopic (exact) mass is 413 g/mol. The van der Waals surface area contributed by atoms with Gasteiger partial charge in [0.15, 0.2) is 0 Å². The maximum Gasteiger partial charge on any atom is 0.262 e. The maximum atomic E-state index is 13.2. The first kappa shape index (κ1) is 19.7. The first-order valence-corrected chi connectivity index (χ1v) is 10.3. The molecule has 2 aromatic carbocycles. The summed E-state index contributed by atoms with van der Waals surface area (Å²) in [7, 11) is -0.293. The predicted octanol–water partition coefficient (Wildman–Crippen LogP) is 3.04. The largest absolute Gasteiger partial charge is 0.495 e. The van der Waals surface area contributed by atoms with E-state index in [9.17, 15) is 12.8 Å². The van der Waals surface area contributed by atoms with Gasteiger partial charge in [-0.15, -0.1) is 0 Å². The molecule has 3 rings (SSSR count). The second-order valence-corrected chi connectivity index (χ2v) is 8.44. The van der Waals surface area contributed by atoms with E-state index in [0.29, 0.717) is 5.75 Å². The molecule has 1 aliphatic rings. The highest BCUT2D eigenvalue weighted by Crippen LogP contribution is 2.33. The van der Waals surface area contributed by atoms with E-state index in [2.05, 4.69) is 14.5 Å². The van der Waals surface area contributed by atoms with Gasteiger partial charge in [0, 0.05) is 26.2 Å². The zero-order valence-electron chi connectivity index (χ0n) is 15.1. The Morgan fingerprint density at radius 1 is 1.11 bits per heavy atom. The second kappa shape index (κ2) is 7.92. The highest BCUT2D eigenvalue weighted by atomic mass is 35.5. The first-order chi connectivity index (χ1) is 12.8. The van der Waals surface area contributed by atoms with Crippen molar-refractivity contribution in [2.45, 2.75) is 4.90 Å². The van der Waals surface area contributed by atoms with Crippen LogP contribution in [0, 0.1) is 5.82 Å². The number of hydrogen-bond acceptors (Lipinski definition) is 5. The zero-order chi connectivity index (χ0) is 19.6. The van der Waals surface area contributed by atoms with Crippen LogP contribution in [-0.2, 0) is 10.0 Å². The summed E-state index contributed by atoms with van der Waals surface area (Å²) in [5, 5.41) is -0.00798. The lowest BCUT2D eigenvalue weighted by atomic mass is 10.2. The number of hydrogen-bond donors (Lipinski definition) is 1. The standard InChI is InChI=1S/C18H21ClFN3O3S/c1-22-7-9-23(10-8-22)17-12-14(4-6-18(17)26-2)27(24,25)21-16-5-3-13(20)11-15(16)19/h3-6,11-12,21H,7-10H2,1-2H3. The van der Waals surface area contributed by atoms with Crippen LogP contribution in [0.2, 0.25) is 5.02 Å². The number of ether oxygens (including phenoxy) is 1. The van der Waals surface area contributed by atoms with Crippen LogP contribution >= 0.6 is 11.6 Å². The maximum absolute atomic E-state index is 13.2. The minimum absolute atomic E-state index is 0.00798. The third-order valence-corrected chi connectivity index (χ3v) is 6.16. The van der Waals surface area contributed by atoms with Crippen molar-refractivity contribution >= 4 is 33.0 Å². The predicted molar refractivity (Wildman–Crippen MR) is 105 cm³/mol. The highest BCUT2D eigenvalue weighted by Gasteiger charge is 2.22. The average molecular weight is 414 g/mol. The van der Waals surface area contributed by atoms with E-state index in [1.165, 1.54) is 12.1 Å².